The van der Waals surface area contributed by atoms with Gasteiger partial charge in [-0.15, -0.1) is 11.8 Å². The summed E-state index contributed by atoms with van der Waals surface area (Å²) in [4.78, 5) is 18.0. The van der Waals surface area contributed by atoms with Gasteiger partial charge >= 0.3 is 0 Å². The number of hydrogen-bond acceptors (Lipinski definition) is 3. The lowest BCUT2D eigenvalue weighted by Crippen LogP contribution is -2.27. The average Bonchev–Trinajstić information content (AvgIpc) is 2.82. The lowest BCUT2D eigenvalue weighted by atomic mass is 10.2. The average molecular weight is 305 g/mol. The zero-order chi connectivity index (χ0) is 13.9. The molecule has 102 valence electrons. The lowest BCUT2D eigenvalue weighted by molar-refractivity contribution is -0.128. The summed E-state index contributed by atoms with van der Waals surface area (Å²) >= 11 is 7.88. The number of hydrogen-bond donors (Lipinski definition) is 0. The van der Waals surface area contributed by atoms with Crippen LogP contribution in [0.15, 0.2) is 48.8 Å². The van der Waals surface area contributed by atoms with Crippen LogP contribution in [-0.4, -0.2) is 21.5 Å². The van der Waals surface area contributed by atoms with Gasteiger partial charge in [-0.25, -0.2) is 0 Å². The number of amides is 1. The van der Waals surface area contributed by atoms with Crippen LogP contribution in [0.2, 0.25) is 5.02 Å². The quantitative estimate of drug-likeness (QED) is 0.870. The Labute approximate surface area is 127 Å². The highest BCUT2D eigenvalue weighted by atomic mass is 35.5. The molecule has 0 bridgehead atoms. The van der Waals surface area contributed by atoms with Crippen molar-refractivity contribution in [3.05, 3.63) is 64.9 Å². The Morgan fingerprint density at radius 2 is 2.00 bits per heavy atom. The van der Waals surface area contributed by atoms with E-state index in [1.54, 1.807) is 24.2 Å². The Morgan fingerprint density at radius 3 is 2.75 bits per heavy atom. The van der Waals surface area contributed by atoms with Crippen molar-refractivity contribution < 1.29 is 4.79 Å². The highest BCUT2D eigenvalue weighted by Crippen LogP contribution is 2.41. The van der Waals surface area contributed by atoms with Crippen molar-refractivity contribution in [3.63, 3.8) is 0 Å². The summed E-state index contributed by atoms with van der Waals surface area (Å²) in [6, 6.07) is 11.6. The van der Waals surface area contributed by atoms with Gasteiger partial charge in [-0.05, 0) is 23.8 Å². The molecular formula is C15H13ClN2OS. The van der Waals surface area contributed by atoms with Gasteiger partial charge in [0, 0.05) is 29.5 Å². The number of thioether (sulfide) groups is 1. The van der Waals surface area contributed by atoms with Crippen molar-refractivity contribution in [3.8, 4) is 0 Å². The first kappa shape index (κ1) is 13.5. The van der Waals surface area contributed by atoms with Crippen molar-refractivity contribution in [2.24, 2.45) is 0 Å². The monoisotopic (exact) mass is 304 g/mol. The molecule has 1 fully saturated rings. The molecular weight excluding hydrogens is 292 g/mol. The highest BCUT2D eigenvalue weighted by Gasteiger charge is 2.33. The molecule has 0 radical (unpaired) electrons. The Kier molecular flexibility index (Phi) is 3.94. The van der Waals surface area contributed by atoms with Crippen molar-refractivity contribution in [1.82, 2.24) is 9.88 Å². The maximum atomic E-state index is 12.1. The molecule has 3 rings (SSSR count). The van der Waals surface area contributed by atoms with E-state index in [1.807, 2.05) is 41.3 Å². The van der Waals surface area contributed by atoms with E-state index in [-0.39, 0.29) is 11.3 Å². The summed E-state index contributed by atoms with van der Waals surface area (Å²) in [5.41, 5.74) is 2.08. The Hall–Kier alpha value is -1.52. The molecule has 3 nitrogen and oxygen atoms in total. The summed E-state index contributed by atoms with van der Waals surface area (Å²) in [5, 5.41) is 0.698. The van der Waals surface area contributed by atoms with Gasteiger partial charge in [-0.3, -0.25) is 9.78 Å². The Bertz CT molecular complexity index is 620. The van der Waals surface area contributed by atoms with Crippen LogP contribution in [0.25, 0.3) is 0 Å². The first-order valence-electron chi connectivity index (χ1n) is 6.30. The second-order valence-electron chi connectivity index (χ2n) is 4.56. The number of pyridine rings is 1. The van der Waals surface area contributed by atoms with Crippen LogP contribution in [0.4, 0.5) is 0 Å². The van der Waals surface area contributed by atoms with Crippen molar-refractivity contribution in [1.29, 1.82) is 0 Å². The Morgan fingerprint density at radius 1 is 1.25 bits per heavy atom. The van der Waals surface area contributed by atoms with E-state index in [2.05, 4.69) is 4.98 Å². The maximum Gasteiger partial charge on any atom is 0.234 e. The number of benzene rings is 1. The van der Waals surface area contributed by atoms with Gasteiger partial charge in [0.05, 0.1) is 5.75 Å². The molecule has 0 spiro atoms. The minimum Gasteiger partial charge on any atom is -0.321 e. The maximum absolute atomic E-state index is 12.1. The van der Waals surface area contributed by atoms with E-state index < -0.39 is 0 Å². The molecule has 1 aliphatic rings. The van der Waals surface area contributed by atoms with Gasteiger partial charge in [0.1, 0.15) is 5.37 Å². The smallest absolute Gasteiger partial charge is 0.234 e. The second kappa shape index (κ2) is 5.85. The first-order chi connectivity index (χ1) is 9.75. The number of rotatable bonds is 3. The van der Waals surface area contributed by atoms with Gasteiger partial charge < -0.3 is 4.90 Å². The third-order valence-corrected chi connectivity index (χ3v) is 4.82. The first-order valence-corrected chi connectivity index (χ1v) is 7.73. The van der Waals surface area contributed by atoms with E-state index >= 15 is 0 Å². The summed E-state index contributed by atoms with van der Waals surface area (Å²) in [6.07, 6.45) is 3.49. The lowest BCUT2D eigenvalue weighted by Gasteiger charge is -2.25. The SMILES string of the molecule is O=C1CSC(c2ccccc2Cl)N1Cc1ccncc1. The zero-order valence-corrected chi connectivity index (χ0v) is 12.3. The molecule has 2 heterocycles. The van der Waals surface area contributed by atoms with E-state index in [0.717, 1.165) is 11.1 Å². The summed E-state index contributed by atoms with van der Waals surface area (Å²) in [7, 11) is 0. The van der Waals surface area contributed by atoms with Gasteiger partial charge in [-0.1, -0.05) is 29.8 Å². The van der Waals surface area contributed by atoms with Crippen molar-refractivity contribution >= 4 is 29.3 Å². The molecule has 0 N–H and O–H groups in total. The molecule has 20 heavy (non-hydrogen) atoms. The van der Waals surface area contributed by atoms with E-state index in [0.29, 0.717) is 17.3 Å². The van der Waals surface area contributed by atoms with E-state index in [1.165, 1.54) is 0 Å². The number of halogens is 1. The number of carbonyl (C=O) groups excluding carboxylic acids is 1. The third kappa shape index (κ3) is 2.67. The fourth-order valence-corrected chi connectivity index (χ4v) is 3.77. The minimum absolute atomic E-state index is 0.00985. The molecule has 1 aromatic carbocycles. The largest absolute Gasteiger partial charge is 0.321 e. The molecule has 1 atom stereocenters. The summed E-state index contributed by atoms with van der Waals surface area (Å²) < 4.78 is 0. The second-order valence-corrected chi connectivity index (χ2v) is 6.04. The van der Waals surface area contributed by atoms with Crippen LogP contribution in [0, 0.1) is 0 Å². The van der Waals surface area contributed by atoms with Crippen molar-refractivity contribution in [2.75, 3.05) is 5.75 Å². The molecule has 1 unspecified atom stereocenters. The molecule has 0 aliphatic carbocycles. The van der Waals surface area contributed by atoms with Gasteiger partial charge in [-0.2, -0.15) is 0 Å². The van der Waals surface area contributed by atoms with Gasteiger partial charge in [0.15, 0.2) is 0 Å². The van der Waals surface area contributed by atoms with Crippen LogP contribution < -0.4 is 0 Å². The fourth-order valence-electron chi connectivity index (χ4n) is 2.24. The zero-order valence-electron chi connectivity index (χ0n) is 10.7. The molecule has 1 saturated heterocycles. The number of carbonyl (C=O) groups is 1. The summed E-state index contributed by atoms with van der Waals surface area (Å²) in [5.74, 6) is 0.651. The Balaban J connectivity index is 1.88. The standard InChI is InChI=1S/C15H13ClN2OS/c16-13-4-2-1-3-12(13)15-18(14(19)10-20-15)9-11-5-7-17-8-6-11/h1-8,15H,9-10H2. The molecule has 2 aromatic rings. The van der Waals surface area contributed by atoms with Crippen LogP contribution in [0.5, 0.6) is 0 Å². The van der Waals surface area contributed by atoms with Crippen LogP contribution in [0.1, 0.15) is 16.5 Å². The third-order valence-electron chi connectivity index (χ3n) is 3.24. The highest BCUT2D eigenvalue weighted by molar-refractivity contribution is 8.00. The van der Waals surface area contributed by atoms with Gasteiger partial charge in [0.25, 0.3) is 0 Å². The molecule has 1 aliphatic heterocycles. The van der Waals surface area contributed by atoms with Crippen molar-refractivity contribution in [2.45, 2.75) is 11.9 Å². The van der Waals surface area contributed by atoms with Crippen LogP contribution >= 0.6 is 23.4 Å². The predicted octanol–water partition coefficient (Wildman–Crippen LogP) is 3.51. The normalized spacial score (nSPS) is 18.6. The molecule has 5 heteroatoms. The number of nitrogens with zero attached hydrogens (tertiary/aromatic N) is 2. The molecule has 0 saturated carbocycles. The predicted molar refractivity (Wildman–Crippen MR) is 81.4 cm³/mol. The van der Waals surface area contributed by atoms with E-state index in [9.17, 15) is 4.79 Å². The topological polar surface area (TPSA) is 33.2 Å². The van der Waals surface area contributed by atoms with Crippen LogP contribution in [-0.2, 0) is 11.3 Å². The molecule has 1 amide bonds. The van der Waals surface area contributed by atoms with Gasteiger partial charge in [0.2, 0.25) is 5.91 Å². The number of aromatic nitrogens is 1. The fraction of sp³-hybridized carbons (Fsp3) is 0.200. The van der Waals surface area contributed by atoms with Crippen LogP contribution in [0.3, 0.4) is 0 Å². The summed E-state index contributed by atoms with van der Waals surface area (Å²) in [6.45, 7) is 0.588. The molecule has 1 aromatic heterocycles. The minimum atomic E-state index is -0.00985. The van der Waals surface area contributed by atoms with E-state index in [4.69, 9.17) is 11.6 Å².